The Kier molecular flexibility index (Phi) is 7.42. The molecule has 0 aromatic heterocycles. The molecule has 1 aliphatic rings. The summed E-state index contributed by atoms with van der Waals surface area (Å²) in [5.41, 5.74) is 13.4. The van der Waals surface area contributed by atoms with Crippen LogP contribution in [-0.2, 0) is 5.41 Å². The zero-order valence-electron chi connectivity index (χ0n) is 30.8. The summed E-state index contributed by atoms with van der Waals surface area (Å²) in [6.45, 7) is 7.00. The third kappa shape index (κ3) is 5.02. The molecular formula is C52H40N2. The van der Waals surface area contributed by atoms with Gasteiger partial charge in [-0.2, -0.15) is 0 Å². The fraction of sp³-hybridized carbons (Fsp3) is 0.0769. The number of aryl methyl sites for hydroxylation is 1. The normalized spacial score (nSPS) is 12.9. The van der Waals surface area contributed by atoms with E-state index in [0.717, 1.165) is 34.1 Å². The lowest BCUT2D eigenvalue weighted by molar-refractivity contribution is 0.672. The van der Waals surface area contributed by atoms with Crippen molar-refractivity contribution in [3.8, 4) is 11.1 Å². The molecule has 258 valence electrons. The first-order valence-electron chi connectivity index (χ1n) is 18.9. The second-order valence-electron chi connectivity index (χ2n) is 15.1. The number of hydrogen-bond donors (Lipinski definition) is 0. The molecule has 0 bridgehead atoms. The molecule has 0 saturated carbocycles. The molecule has 2 nitrogen and oxygen atoms in total. The summed E-state index contributed by atoms with van der Waals surface area (Å²) in [6.07, 6.45) is 0. The second-order valence-corrected chi connectivity index (χ2v) is 15.1. The van der Waals surface area contributed by atoms with Crippen molar-refractivity contribution in [2.75, 3.05) is 9.80 Å². The van der Waals surface area contributed by atoms with E-state index >= 15 is 0 Å². The molecule has 0 spiro atoms. The van der Waals surface area contributed by atoms with Gasteiger partial charge in [0.2, 0.25) is 0 Å². The lowest BCUT2D eigenvalue weighted by atomic mass is 9.77. The van der Waals surface area contributed by atoms with E-state index in [1.54, 1.807) is 0 Å². The predicted octanol–water partition coefficient (Wildman–Crippen LogP) is 14.7. The van der Waals surface area contributed by atoms with Crippen LogP contribution in [0.25, 0.3) is 43.4 Å². The first-order valence-corrected chi connectivity index (χ1v) is 18.9. The van der Waals surface area contributed by atoms with E-state index in [1.807, 2.05) is 0 Å². The average Bonchev–Trinajstić information content (AvgIpc) is 3.47. The number of benzene rings is 9. The van der Waals surface area contributed by atoms with Gasteiger partial charge >= 0.3 is 0 Å². The monoisotopic (exact) mass is 692 g/mol. The van der Waals surface area contributed by atoms with Crippen LogP contribution < -0.4 is 9.80 Å². The lowest BCUT2D eigenvalue weighted by Crippen LogP contribution is -2.16. The standard InChI is InChI=1S/C52H40N2/c1-35-23-26-40(27-24-35)54(39-19-11-6-12-20-39)42-29-32-46-48(34-42)44-21-13-14-22-45(44)49-47-30-25-36-33-41(28-31-43(36)50(47)52(2,3)51(46)49)53(37-15-7-4-8-16-37)38-17-9-5-10-18-38/h4-34H,1-3H3. The fourth-order valence-corrected chi connectivity index (χ4v) is 9.03. The number of fused-ring (bicyclic) bond motifs is 10. The molecule has 10 rings (SSSR count). The minimum atomic E-state index is -0.232. The molecule has 0 atom stereocenters. The molecule has 9 aromatic carbocycles. The van der Waals surface area contributed by atoms with Gasteiger partial charge in [0, 0.05) is 39.5 Å². The SMILES string of the molecule is Cc1ccc(N(c2ccccc2)c2ccc3c4c(c5ccccc5c3c2)-c2ccc3cc(N(c5ccccc5)c5ccccc5)ccc3c2C4(C)C)cc1. The van der Waals surface area contributed by atoms with Gasteiger partial charge in [-0.05, 0) is 134 Å². The minimum Gasteiger partial charge on any atom is -0.310 e. The Morgan fingerprint density at radius 1 is 0.352 bits per heavy atom. The summed E-state index contributed by atoms with van der Waals surface area (Å²) in [5.74, 6) is 0. The van der Waals surface area contributed by atoms with Gasteiger partial charge in [0.25, 0.3) is 0 Å². The summed E-state index contributed by atoms with van der Waals surface area (Å²) in [4.78, 5) is 4.72. The molecule has 0 unspecified atom stereocenters. The molecule has 1 aliphatic carbocycles. The van der Waals surface area contributed by atoms with E-state index in [9.17, 15) is 0 Å². The molecule has 2 heteroatoms. The summed E-state index contributed by atoms with van der Waals surface area (Å²) in [6, 6.07) is 68.7. The number of anilines is 6. The summed E-state index contributed by atoms with van der Waals surface area (Å²) in [7, 11) is 0. The Hall–Kier alpha value is -6.64. The zero-order chi connectivity index (χ0) is 36.4. The van der Waals surface area contributed by atoms with Crippen LogP contribution in [0.5, 0.6) is 0 Å². The van der Waals surface area contributed by atoms with E-state index in [1.165, 1.54) is 60.1 Å². The van der Waals surface area contributed by atoms with E-state index in [4.69, 9.17) is 0 Å². The van der Waals surface area contributed by atoms with Crippen molar-refractivity contribution < 1.29 is 0 Å². The summed E-state index contributed by atoms with van der Waals surface area (Å²) in [5, 5.41) is 7.74. The van der Waals surface area contributed by atoms with Crippen LogP contribution in [0.15, 0.2) is 188 Å². The highest BCUT2D eigenvalue weighted by atomic mass is 15.1. The van der Waals surface area contributed by atoms with Crippen LogP contribution >= 0.6 is 0 Å². The summed E-state index contributed by atoms with van der Waals surface area (Å²) < 4.78 is 0. The third-order valence-electron chi connectivity index (χ3n) is 11.4. The van der Waals surface area contributed by atoms with Gasteiger partial charge in [-0.15, -0.1) is 0 Å². The van der Waals surface area contributed by atoms with E-state index in [2.05, 4.69) is 219 Å². The smallest absolute Gasteiger partial charge is 0.0468 e. The van der Waals surface area contributed by atoms with Crippen LogP contribution in [0.2, 0.25) is 0 Å². The number of rotatable bonds is 6. The summed E-state index contributed by atoms with van der Waals surface area (Å²) >= 11 is 0. The quantitative estimate of drug-likeness (QED) is 0.160. The Balaban J connectivity index is 1.17. The number of nitrogens with zero attached hydrogens (tertiary/aromatic N) is 2. The maximum Gasteiger partial charge on any atom is 0.0468 e. The van der Waals surface area contributed by atoms with Gasteiger partial charge in [0.05, 0.1) is 0 Å². The topological polar surface area (TPSA) is 6.48 Å². The van der Waals surface area contributed by atoms with Crippen LogP contribution in [0.4, 0.5) is 34.1 Å². The van der Waals surface area contributed by atoms with Gasteiger partial charge in [0.15, 0.2) is 0 Å². The third-order valence-corrected chi connectivity index (χ3v) is 11.4. The number of hydrogen-bond acceptors (Lipinski definition) is 2. The van der Waals surface area contributed by atoms with Crippen molar-refractivity contribution in [1.29, 1.82) is 0 Å². The number of para-hydroxylation sites is 3. The molecule has 54 heavy (non-hydrogen) atoms. The minimum absolute atomic E-state index is 0.232. The first kappa shape index (κ1) is 32.0. The molecule has 0 heterocycles. The Labute approximate surface area is 317 Å². The second kappa shape index (κ2) is 12.5. The first-order chi connectivity index (χ1) is 26.5. The average molecular weight is 693 g/mol. The molecule has 0 radical (unpaired) electrons. The van der Waals surface area contributed by atoms with Gasteiger partial charge in [-0.3, -0.25) is 0 Å². The van der Waals surface area contributed by atoms with Gasteiger partial charge < -0.3 is 9.80 Å². The van der Waals surface area contributed by atoms with Crippen LogP contribution in [0.3, 0.4) is 0 Å². The van der Waals surface area contributed by atoms with Gasteiger partial charge in [0.1, 0.15) is 0 Å². The molecule has 0 amide bonds. The van der Waals surface area contributed by atoms with Crippen LogP contribution in [0, 0.1) is 6.92 Å². The lowest BCUT2D eigenvalue weighted by Gasteiger charge is -2.28. The van der Waals surface area contributed by atoms with Crippen LogP contribution in [-0.4, -0.2) is 0 Å². The zero-order valence-corrected chi connectivity index (χ0v) is 30.8. The maximum absolute atomic E-state index is 2.43. The van der Waals surface area contributed by atoms with Crippen molar-refractivity contribution in [2.24, 2.45) is 0 Å². The Morgan fingerprint density at radius 2 is 0.833 bits per heavy atom. The van der Waals surface area contributed by atoms with Crippen molar-refractivity contribution in [3.05, 3.63) is 205 Å². The fourth-order valence-electron chi connectivity index (χ4n) is 9.03. The highest BCUT2D eigenvalue weighted by Gasteiger charge is 2.40. The maximum atomic E-state index is 2.43. The molecule has 0 N–H and O–H groups in total. The van der Waals surface area contributed by atoms with Crippen molar-refractivity contribution in [2.45, 2.75) is 26.2 Å². The molecule has 0 aliphatic heterocycles. The van der Waals surface area contributed by atoms with E-state index in [-0.39, 0.29) is 5.41 Å². The van der Waals surface area contributed by atoms with Gasteiger partial charge in [-0.25, -0.2) is 0 Å². The van der Waals surface area contributed by atoms with E-state index in [0.29, 0.717) is 0 Å². The van der Waals surface area contributed by atoms with Crippen molar-refractivity contribution >= 4 is 66.4 Å². The largest absolute Gasteiger partial charge is 0.310 e. The molecule has 0 saturated heterocycles. The molecule has 0 fully saturated rings. The molecule has 9 aromatic rings. The van der Waals surface area contributed by atoms with Crippen molar-refractivity contribution in [1.82, 2.24) is 0 Å². The Morgan fingerprint density at radius 3 is 1.43 bits per heavy atom. The van der Waals surface area contributed by atoms with E-state index < -0.39 is 0 Å². The van der Waals surface area contributed by atoms with Crippen LogP contribution in [0.1, 0.15) is 30.5 Å². The highest BCUT2D eigenvalue weighted by Crippen LogP contribution is 2.57. The highest BCUT2D eigenvalue weighted by molar-refractivity contribution is 6.20. The van der Waals surface area contributed by atoms with Gasteiger partial charge in [-0.1, -0.05) is 135 Å². The Bertz CT molecular complexity index is 2800. The van der Waals surface area contributed by atoms with Crippen molar-refractivity contribution in [3.63, 3.8) is 0 Å². The predicted molar refractivity (Wildman–Crippen MR) is 231 cm³/mol. The molecular weight excluding hydrogens is 653 g/mol.